The first-order chi connectivity index (χ1) is 5.74. The van der Waals surface area contributed by atoms with Crippen LogP contribution in [0, 0.1) is 17.8 Å². The van der Waals surface area contributed by atoms with E-state index in [4.69, 9.17) is 4.74 Å². The third kappa shape index (κ3) is 1.09. The van der Waals surface area contributed by atoms with Crippen LogP contribution in [0.3, 0.4) is 0 Å². The number of fused-ring (bicyclic) bond motifs is 2. The second-order valence-corrected chi connectivity index (χ2v) is 4.46. The zero-order valence-electron chi connectivity index (χ0n) is 7.86. The highest BCUT2D eigenvalue weighted by Gasteiger charge is 2.49. The molecule has 1 N–H and O–H groups in total. The lowest BCUT2D eigenvalue weighted by molar-refractivity contribution is 0.0777. The van der Waals surface area contributed by atoms with Crippen molar-refractivity contribution in [2.45, 2.75) is 38.9 Å². The van der Waals surface area contributed by atoms with E-state index in [9.17, 15) is 5.11 Å². The monoisotopic (exact) mass is 170 g/mol. The summed E-state index contributed by atoms with van der Waals surface area (Å²) >= 11 is 0. The first kappa shape index (κ1) is 8.52. The average Bonchev–Trinajstić information content (AvgIpc) is 2.60. The van der Waals surface area contributed by atoms with Crippen LogP contribution in [0.4, 0.5) is 0 Å². The molecule has 4 unspecified atom stereocenters. The van der Waals surface area contributed by atoms with Gasteiger partial charge in [-0.15, -0.1) is 0 Å². The average molecular weight is 170 g/mol. The van der Waals surface area contributed by atoms with Crippen LogP contribution in [-0.4, -0.2) is 23.9 Å². The molecule has 4 atom stereocenters. The molecular weight excluding hydrogens is 152 g/mol. The second kappa shape index (κ2) is 3.00. The van der Waals surface area contributed by atoms with Gasteiger partial charge in [0.25, 0.3) is 0 Å². The molecule has 12 heavy (non-hydrogen) atoms. The Bertz CT molecular complexity index is 167. The van der Waals surface area contributed by atoms with Gasteiger partial charge in [-0.2, -0.15) is 0 Å². The van der Waals surface area contributed by atoms with Crippen molar-refractivity contribution in [2.24, 2.45) is 17.8 Å². The van der Waals surface area contributed by atoms with Crippen LogP contribution < -0.4 is 0 Å². The Morgan fingerprint density at radius 2 is 2.00 bits per heavy atom. The van der Waals surface area contributed by atoms with Crippen LogP contribution in [0.2, 0.25) is 0 Å². The fourth-order valence-corrected chi connectivity index (χ4v) is 2.97. The summed E-state index contributed by atoms with van der Waals surface area (Å²) in [5.41, 5.74) is 0. The van der Waals surface area contributed by atoms with Crippen molar-refractivity contribution < 1.29 is 9.84 Å². The van der Waals surface area contributed by atoms with Gasteiger partial charge in [0.1, 0.15) is 0 Å². The molecule has 2 fully saturated rings. The highest BCUT2D eigenvalue weighted by atomic mass is 16.5. The molecule has 0 radical (unpaired) electrons. The Hall–Kier alpha value is -0.0800. The third-order valence-corrected chi connectivity index (χ3v) is 3.47. The maximum absolute atomic E-state index is 9.23. The smallest absolute Gasteiger partial charge is 0.0633 e. The van der Waals surface area contributed by atoms with Crippen molar-refractivity contribution in [3.63, 3.8) is 0 Å². The van der Waals surface area contributed by atoms with E-state index in [1.165, 1.54) is 12.8 Å². The zero-order valence-corrected chi connectivity index (χ0v) is 7.86. The Morgan fingerprint density at radius 1 is 1.33 bits per heavy atom. The molecule has 70 valence electrons. The molecule has 0 spiro atoms. The van der Waals surface area contributed by atoms with Crippen LogP contribution in [0.1, 0.15) is 26.7 Å². The van der Waals surface area contributed by atoms with Gasteiger partial charge in [-0.3, -0.25) is 0 Å². The molecule has 0 saturated carbocycles. The van der Waals surface area contributed by atoms with Crippen molar-refractivity contribution in [3.8, 4) is 0 Å². The van der Waals surface area contributed by atoms with E-state index in [0.717, 1.165) is 0 Å². The van der Waals surface area contributed by atoms with Gasteiger partial charge >= 0.3 is 0 Å². The molecule has 2 saturated heterocycles. The molecule has 0 aromatic carbocycles. The molecule has 2 rings (SSSR count). The molecule has 0 amide bonds. The number of aliphatic hydroxyl groups is 1. The van der Waals surface area contributed by atoms with Gasteiger partial charge in [0.05, 0.1) is 12.2 Å². The van der Waals surface area contributed by atoms with Gasteiger partial charge in [-0.1, -0.05) is 13.8 Å². The molecule has 2 heterocycles. The number of aliphatic hydroxyl groups excluding tert-OH is 1. The second-order valence-electron chi connectivity index (χ2n) is 4.46. The molecule has 2 aliphatic rings. The highest BCUT2D eigenvalue weighted by Crippen LogP contribution is 2.46. The molecule has 2 nitrogen and oxygen atoms in total. The molecule has 2 aliphatic heterocycles. The summed E-state index contributed by atoms with van der Waals surface area (Å²) < 4.78 is 5.79. The minimum atomic E-state index is 0.310. The number of ether oxygens (including phenoxy) is 1. The summed E-state index contributed by atoms with van der Waals surface area (Å²) in [7, 11) is 0. The third-order valence-electron chi connectivity index (χ3n) is 3.47. The fraction of sp³-hybridized carbons (Fsp3) is 1.00. The predicted molar refractivity (Wildman–Crippen MR) is 46.8 cm³/mol. The molecule has 0 aromatic rings. The van der Waals surface area contributed by atoms with E-state index < -0.39 is 0 Å². The number of hydrogen-bond acceptors (Lipinski definition) is 2. The molecule has 0 aromatic heterocycles. The summed E-state index contributed by atoms with van der Waals surface area (Å²) in [6, 6.07) is 0. The van der Waals surface area contributed by atoms with Crippen LogP contribution in [-0.2, 0) is 4.74 Å². The van der Waals surface area contributed by atoms with Gasteiger partial charge in [0, 0.05) is 12.5 Å². The fourth-order valence-electron chi connectivity index (χ4n) is 2.97. The minimum Gasteiger partial charge on any atom is -0.396 e. The minimum absolute atomic E-state index is 0.310. The Morgan fingerprint density at radius 3 is 2.50 bits per heavy atom. The molecule has 0 aliphatic carbocycles. The summed E-state index contributed by atoms with van der Waals surface area (Å²) in [6.07, 6.45) is 3.20. The van der Waals surface area contributed by atoms with Gasteiger partial charge in [-0.05, 0) is 24.7 Å². The lowest BCUT2D eigenvalue weighted by Crippen LogP contribution is -2.33. The van der Waals surface area contributed by atoms with E-state index in [1.807, 2.05) is 0 Å². The SMILES string of the molecule is CC(C)C1C2CCC(O2)C1CO. The van der Waals surface area contributed by atoms with Crippen molar-refractivity contribution in [1.82, 2.24) is 0 Å². The van der Waals surface area contributed by atoms with E-state index in [0.29, 0.717) is 36.6 Å². The molecule has 2 bridgehead atoms. The van der Waals surface area contributed by atoms with Crippen LogP contribution in [0.5, 0.6) is 0 Å². The van der Waals surface area contributed by atoms with Crippen LogP contribution >= 0.6 is 0 Å². The summed E-state index contributed by atoms with van der Waals surface area (Å²) in [4.78, 5) is 0. The largest absolute Gasteiger partial charge is 0.396 e. The Balaban J connectivity index is 2.11. The van der Waals surface area contributed by atoms with Crippen molar-refractivity contribution in [2.75, 3.05) is 6.61 Å². The van der Waals surface area contributed by atoms with Gasteiger partial charge in [-0.25, -0.2) is 0 Å². The maximum Gasteiger partial charge on any atom is 0.0633 e. The van der Waals surface area contributed by atoms with Gasteiger partial charge in [0.2, 0.25) is 0 Å². The summed E-state index contributed by atoms with van der Waals surface area (Å²) in [6.45, 7) is 4.78. The van der Waals surface area contributed by atoms with E-state index in [2.05, 4.69) is 13.8 Å². The highest BCUT2D eigenvalue weighted by molar-refractivity contribution is 4.96. The van der Waals surface area contributed by atoms with Crippen molar-refractivity contribution in [1.29, 1.82) is 0 Å². The summed E-state index contributed by atoms with van der Waals surface area (Å²) in [5, 5.41) is 9.23. The van der Waals surface area contributed by atoms with Crippen molar-refractivity contribution >= 4 is 0 Å². The van der Waals surface area contributed by atoms with Crippen LogP contribution in [0.15, 0.2) is 0 Å². The van der Waals surface area contributed by atoms with Gasteiger partial charge < -0.3 is 9.84 Å². The summed E-state index contributed by atoms with van der Waals surface area (Å²) in [5.74, 6) is 1.68. The van der Waals surface area contributed by atoms with E-state index in [-0.39, 0.29) is 0 Å². The topological polar surface area (TPSA) is 29.5 Å². The van der Waals surface area contributed by atoms with Crippen molar-refractivity contribution in [3.05, 3.63) is 0 Å². The lowest BCUT2D eigenvalue weighted by Gasteiger charge is -2.29. The first-order valence-corrected chi connectivity index (χ1v) is 5.00. The van der Waals surface area contributed by atoms with E-state index in [1.54, 1.807) is 0 Å². The Kier molecular flexibility index (Phi) is 2.13. The predicted octanol–water partition coefficient (Wildman–Crippen LogP) is 1.43. The number of hydrogen-bond donors (Lipinski definition) is 1. The van der Waals surface area contributed by atoms with Gasteiger partial charge in [0.15, 0.2) is 0 Å². The maximum atomic E-state index is 9.23. The Labute approximate surface area is 73.9 Å². The van der Waals surface area contributed by atoms with E-state index >= 15 is 0 Å². The first-order valence-electron chi connectivity index (χ1n) is 5.00. The lowest BCUT2D eigenvalue weighted by atomic mass is 9.74. The molecule has 2 heteroatoms. The molecular formula is C10H18O2. The zero-order chi connectivity index (χ0) is 8.72. The number of rotatable bonds is 2. The quantitative estimate of drug-likeness (QED) is 0.679. The normalized spacial score (nSPS) is 46.0. The van der Waals surface area contributed by atoms with Crippen LogP contribution in [0.25, 0.3) is 0 Å². The standard InChI is InChI=1S/C10H18O2/c1-6(2)10-7(5-11)8-3-4-9(10)12-8/h6-11H,3-5H2,1-2H3.